The van der Waals surface area contributed by atoms with Crippen LogP contribution in [0.3, 0.4) is 0 Å². The lowest BCUT2D eigenvalue weighted by atomic mass is 9.97. The van der Waals surface area contributed by atoms with Gasteiger partial charge >= 0.3 is 6.18 Å². The summed E-state index contributed by atoms with van der Waals surface area (Å²) in [7, 11) is 0. The number of nitrogens with zero attached hydrogens (tertiary/aromatic N) is 3. The summed E-state index contributed by atoms with van der Waals surface area (Å²) < 4.78 is 38.6. The van der Waals surface area contributed by atoms with Gasteiger partial charge in [0.1, 0.15) is 0 Å². The highest BCUT2D eigenvalue weighted by atomic mass is 35.5. The maximum atomic E-state index is 13.1. The maximum absolute atomic E-state index is 13.1. The van der Waals surface area contributed by atoms with Crippen molar-refractivity contribution >= 4 is 48.0 Å². The Kier molecular flexibility index (Phi) is 10.1. The van der Waals surface area contributed by atoms with Crippen molar-refractivity contribution < 1.29 is 18.0 Å². The average Bonchev–Trinajstić information content (AvgIpc) is 3.42. The second kappa shape index (κ2) is 12.9. The average molecular weight is 598 g/mol. The number of carbonyl (C=O) groups excluding carboxylic acids is 1. The molecule has 0 spiro atoms. The Morgan fingerprint density at radius 2 is 1.62 bits per heavy atom. The summed E-state index contributed by atoms with van der Waals surface area (Å²) >= 11 is 6.12. The van der Waals surface area contributed by atoms with Gasteiger partial charge in [0.05, 0.1) is 30.2 Å². The molecule has 0 bridgehead atoms. The Labute approximate surface area is 241 Å². The van der Waals surface area contributed by atoms with Gasteiger partial charge < -0.3 is 9.88 Å². The third-order valence-electron chi connectivity index (χ3n) is 6.62. The van der Waals surface area contributed by atoms with Crippen LogP contribution in [0.2, 0.25) is 5.02 Å². The number of imidazole rings is 1. The Morgan fingerprint density at radius 1 is 0.949 bits per heavy atom. The molecule has 0 radical (unpaired) electrons. The van der Waals surface area contributed by atoms with Crippen LogP contribution in [-0.4, -0.2) is 40.4 Å². The number of halogens is 6. The highest BCUT2D eigenvalue weighted by Gasteiger charge is 2.32. The van der Waals surface area contributed by atoms with Gasteiger partial charge in [-0.1, -0.05) is 54.1 Å². The van der Waals surface area contributed by atoms with Gasteiger partial charge in [0.15, 0.2) is 0 Å². The van der Waals surface area contributed by atoms with E-state index in [1.165, 1.54) is 12.1 Å². The van der Waals surface area contributed by atoms with Gasteiger partial charge in [-0.05, 0) is 53.4 Å². The SMILES string of the molecule is Cl.Cl.O=C1CN(C(Cc2ccc(-c3ccc(C(F)(F)F)cc3)cc2)c2cnc[nH]2)CCN1c1cccc(Cl)c1. The predicted molar refractivity (Wildman–Crippen MR) is 152 cm³/mol. The van der Waals surface area contributed by atoms with Crippen LogP contribution in [0.1, 0.15) is 22.9 Å². The molecule has 11 heteroatoms. The summed E-state index contributed by atoms with van der Waals surface area (Å²) in [6, 6.07) is 20.1. The quantitative estimate of drug-likeness (QED) is 0.255. The number of rotatable bonds is 6. The zero-order valence-electron chi connectivity index (χ0n) is 20.6. The molecule has 39 heavy (non-hydrogen) atoms. The van der Waals surface area contributed by atoms with E-state index in [2.05, 4.69) is 14.9 Å². The molecule has 206 valence electrons. The lowest BCUT2D eigenvalue weighted by Crippen LogP contribution is -2.51. The van der Waals surface area contributed by atoms with E-state index in [-0.39, 0.29) is 43.3 Å². The molecule has 1 fully saturated rings. The summed E-state index contributed by atoms with van der Waals surface area (Å²) in [4.78, 5) is 24.3. The summed E-state index contributed by atoms with van der Waals surface area (Å²) in [5.41, 5.74) is 3.62. The van der Waals surface area contributed by atoms with Crippen LogP contribution < -0.4 is 4.90 Å². The molecule has 1 amide bonds. The first-order valence-electron chi connectivity index (χ1n) is 11.8. The standard InChI is InChI=1S/C28H24ClF3N4O.2ClH/c29-23-2-1-3-24(15-23)36-13-12-35(17-27(36)37)26(25-16-33-18-34-25)14-19-4-6-20(7-5-19)21-8-10-22(11-9-21)28(30,31)32;;/h1-11,15-16,18,26H,12-14,17H2,(H,33,34);2*1H. The highest BCUT2D eigenvalue weighted by molar-refractivity contribution is 6.30. The van der Waals surface area contributed by atoms with Crippen LogP contribution in [-0.2, 0) is 17.4 Å². The molecule has 1 atom stereocenters. The number of nitrogens with one attached hydrogen (secondary N) is 1. The number of aromatic nitrogens is 2. The number of carbonyl (C=O) groups is 1. The zero-order valence-corrected chi connectivity index (χ0v) is 23.0. The first-order chi connectivity index (χ1) is 17.8. The van der Waals surface area contributed by atoms with Crippen LogP contribution in [0.5, 0.6) is 0 Å². The fraction of sp³-hybridized carbons (Fsp3) is 0.214. The Bertz CT molecular complexity index is 1360. The van der Waals surface area contributed by atoms with Crippen LogP contribution in [0.25, 0.3) is 11.1 Å². The number of alkyl halides is 3. The molecule has 0 saturated carbocycles. The lowest BCUT2D eigenvalue weighted by Gasteiger charge is -2.38. The largest absolute Gasteiger partial charge is 0.416 e. The van der Waals surface area contributed by atoms with Gasteiger partial charge in [0.2, 0.25) is 5.91 Å². The van der Waals surface area contributed by atoms with Crippen molar-refractivity contribution in [3.8, 4) is 11.1 Å². The van der Waals surface area contributed by atoms with Crippen LogP contribution >= 0.6 is 36.4 Å². The van der Waals surface area contributed by atoms with Crippen molar-refractivity contribution in [2.24, 2.45) is 0 Å². The first-order valence-corrected chi connectivity index (χ1v) is 12.2. The molecule has 1 aromatic heterocycles. The molecular formula is C28H26Cl3F3N4O. The molecule has 1 unspecified atom stereocenters. The van der Waals surface area contributed by atoms with E-state index in [1.54, 1.807) is 29.6 Å². The van der Waals surface area contributed by atoms with Gasteiger partial charge in [-0.2, -0.15) is 13.2 Å². The number of piperazine rings is 1. The molecule has 1 N–H and O–H groups in total. The van der Waals surface area contributed by atoms with Crippen LogP contribution in [0.15, 0.2) is 85.3 Å². The van der Waals surface area contributed by atoms with Crippen molar-refractivity contribution in [1.29, 1.82) is 0 Å². The van der Waals surface area contributed by atoms with Gasteiger partial charge in [0, 0.05) is 30.0 Å². The molecule has 5 rings (SSSR count). The highest BCUT2D eigenvalue weighted by Crippen LogP contribution is 2.32. The maximum Gasteiger partial charge on any atom is 0.416 e. The fourth-order valence-corrected chi connectivity index (χ4v) is 4.85. The van der Waals surface area contributed by atoms with Crippen LogP contribution in [0, 0.1) is 0 Å². The summed E-state index contributed by atoms with van der Waals surface area (Å²) in [5.74, 6) is -0.00400. The van der Waals surface area contributed by atoms with Gasteiger partial charge in [0.25, 0.3) is 0 Å². The number of anilines is 1. The van der Waals surface area contributed by atoms with E-state index in [9.17, 15) is 18.0 Å². The summed E-state index contributed by atoms with van der Waals surface area (Å²) in [6.07, 6.45) is -0.319. The van der Waals surface area contributed by atoms with Gasteiger partial charge in [-0.25, -0.2) is 4.98 Å². The minimum Gasteiger partial charge on any atom is -0.347 e. The Hall–Kier alpha value is -3.04. The molecule has 4 aromatic rings. The number of hydrogen-bond acceptors (Lipinski definition) is 3. The Morgan fingerprint density at radius 3 is 2.18 bits per heavy atom. The monoisotopic (exact) mass is 596 g/mol. The molecule has 1 saturated heterocycles. The molecular weight excluding hydrogens is 572 g/mol. The smallest absolute Gasteiger partial charge is 0.347 e. The molecule has 2 heterocycles. The zero-order chi connectivity index (χ0) is 26.0. The van der Waals surface area contributed by atoms with E-state index in [0.29, 0.717) is 30.1 Å². The molecule has 3 aromatic carbocycles. The number of H-pyrrole nitrogens is 1. The normalized spacial score (nSPS) is 14.9. The predicted octanol–water partition coefficient (Wildman–Crippen LogP) is 7.23. The van der Waals surface area contributed by atoms with Crippen LogP contribution in [0.4, 0.5) is 18.9 Å². The third-order valence-corrected chi connectivity index (χ3v) is 6.85. The fourth-order valence-electron chi connectivity index (χ4n) is 4.67. The van der Waals surface area contributed by atoms with Crippen molar-refractivity contribution in [2.75, 3.05) is 24.5 Å². The van der Waals surface area contributed by atoms with E-state index < -0.39 is 11.7 Å². The van der Waals surface area contributed by atoms with Gasteiger partial charge in [-0.3, -0.25) is 9.69 Å². The number of aromatic amines is 1. The van der Waals surface area contributed by atoms with Crippen molar-refractivity contribution in [3.63, 3.8) is 0 Å². The molecule has 1 aliphatic heterocycles. The van der Waals surface area contributed by atoms with Crippen molar-refractivity contribution in [3.05, 3.63) is 107 Å². The summed E-state index contributed by atoms with van der Waals surface area (Å²) in [5, 5.41) is 0.586. The third kappa shape index (κ3) is 7.13. The number of benzene rings is 3. The van der Waals surface area contributed by atoms with E-state index in [0.717, 1.165) is 34.6 Å². The lowest BCUT2D eigenvalue weighted by molar-refractivity contribution is -0.137. The first kappa shape index (κ1) is 30.5. The second-order valence-electron chi connectivity index (χ2n) is 8.99. The minimum atomic E-state index is -4.36. The second-order valence-corrected chi connectivity index (χ2v) is 9.43. The molecule has 1 aliphatic rings. The van der Waals surface area contributed by atoms with E-state index in [4.69, 9.17) is 11.6 Å². The molecule has 5 nitrogen and oxygen atoms in total. The number of hydrogen-bond donors (Lipinski definition) is 1. The van der Waals surface area contributed by atoms with E-state index >= 15 is 0 Å². The van der Waals surface area contributed by atoms with E-state index in [1.807, 2.05) is 36.4 Å². The number of amides is 1. The Balaban J connectivity index is 0.00000210. The summed E-state index contributed by atoms with van der Waals surface area (Å²) in [6.45, 7) is 1.46. The minimum absolute atomic E-state index is 0. The van der Waals surface area contributed by atoms with Gasteiger partial charge in [-0.15, -0.1) is 24.8 Å². The van der Waals surface area contributed by atoms with Crippen molar-refractivity contribution in [2.45, 2.75) is 18.6 Å². The topological polar surface area (TPSA) is 52.2 Å². The molecule has 0 aliphatic carbocycles. The van der Waals surface area contributed by atoms with Crippen molar-refractivity contribution in [1.82, 2.24) is 14.9 Å².